The molecule has 3 aromatic rings. The van der Waals surface area contributed by atoms with Crippen LogP contribution in [0.25, 0.3) is 11.3 Å². The summed E-state index contributed by atoms with van der Waals surface area (Å²) in [6, 6.07) is 13.6. The number of carbonyl (C=O) groups excluding carboxylic acids is 1. The van der Waals surface area contributed by atoms with Gasteiger partial charge in [0.1, 0.15) is 12.3 Å². The van der Waals surface area contributed by atoms with Crippen molar-refractivity contribution >= 4 is 11.6 Å². The van der Waals surface area contributed by atoms with Gasteiger partial charge < -0.3 is 10.1 Å². The van der Waals surface area contributed by atoms with Crippen molar-refractivity contribution in [3.63, 3.8) is 0 Å². The smallest absolute Gasteiger partial charge is 0.267 e. The maximum atomic E-state index is 12.2. The molecule has 126 valence electrons. The van der Waals surface area contributed by atoms with Crippen molar-refractivity contribution in [3.8, 4) is 17.0 Å². The monoisotopic (exact) mass is 336 g/mol. The summed E-state index contributed by atoms with van der Waals surface area (Å²) in [5, 5.41) is 6.96. The molecular formula is C18H16N4O3. The van der Waals surface area contributed by atoms with Gasteiger partial charge in [0.05, 0.1) is 12.8 Å². The third-order valence-corrected chi connectivity index (χ3v) is 3.47. The Morgan fingerprint density at radius 2 is 2.08 bits per heavy atom. The minimum Gasteiger partial charge on any atom is -0.497 e. The Bertz CT molecular complexity index is 938. The highest BCUT2D eigenvalue weighted by atomic mass is 16.5. The molecule has 0 aliphatic rings. The molecule has 0 atom stereocenters. The van der Waals surface area contributed by atoms with Crippen molar-refractivity contribution in [3.05, 3.63) is 71.3 Å². The van der Waals surface area contributed by atoms with Gasteiger partial charge in [-0.2, -0.15) is 5.10 Å². The molecule has 0 spiro atoms. The summed E-state index contributed by atoms with van der Waals surface area (Å²) >= 11 is 0. The summed E-state index contributed by atoms with van der Waals surface area (Å²) in [5.74, 6) is 0.276. The zero-order valence-corrected chi connectivity index (χ0v) is 13.5. The van der Waals surface area contributed by atoms with E-state index in [-0.39, 0.29) is 18.0 Å². The highest BCUT2D eigenvalue weighted by Crippen LogP contribution is 2.16. The minimum atomic E-state index is -0.355. The fourth-order valence-electron chi connectivity index (χ4n) is 2.27. The number of amides is 1. The van der Waals surface area contributed by atoms with Crippen molar-refractivity contribution in [1.82, 2.24) is 14.8 Å². The van der Waals surface area contributed by atoms with E-state index in [1.54, 1.807) is 55.9 Å². The molecule has 1 amide bonds. The third kappa shape index (κ3) is 4.08. The van der Waals surface area contributed by atoms with Crippen LogP contribution in [0.4, 0.5) is 5.69 Å². The molecule has 3 rings (SSSR count). The topological polar surface area (TPSA) is 86.1 Å². The summed E-state index contributed by atoms with van der Waals surface area (Å²) in [5.41, 5.74) is 1.57. The fraction of sp³-hybridized carbons (Fsp3) is 0.111. The lowest BCUT2D eigenvalue weighted by Crippen LogP contribution is -2.29. The van der Waals surface area contributed by atoms with Gasteiger partial charge in [-0.1, -0.05) is 6.07 Å². The van der Waals surface area contributed by atoms with Gasteiger partial charge in [-0.15, -0.1) is 0 Å². The Hall–Kier alpha value is -3.48. The lowest BCUT2D eigenvalue weighted by molar-refractivity contribution is -0.117. The highest BCUT2D eigenvalue weighted by Gasteiger charge is 2.09. The number of ether oxygens (including phenoxy) is 1. The Labute approximate surface area is 143 Å². The summed E-state index contributed by atoms with van der Waals surface area (Å²) in [6.45, 7) is -0.190. The first-order valence-electron chi connectivity index (χ1n) is 7.58. The van der Waals surface area contributed by atoms with Crippen LogP contribution in [0.15, 0.2) is 65.7 Å². The highest BCUT2D eigenvalue weighted by molar-refractivity contribution is 5.90. The van der Waals surface area contributed by atoms with E-state index < -0.39 is 0 Å². The number of hydrogen-bond acceptors (Lipinski definition) is 5. The number of hydrogen-bond donors (Lipinski definition) is 1. The second kappa shape index (κ2) is 7.39. The number of carbonyl (C=O) groups is 1. The summed E-state index contributed by atoms with van der Waals surface area (Å²) < 4.78 is 6.24. The van der Waals surface area contributed by atoms with Crippen LogP contribution in [0.3, 0.4) is 0 Å². The van der Waals surface area contributed by atoms with Crippen LogP contribution in [-0.2, 0) is 11.3 Å². The van der Waals surface area contributed by atoms with E-state index in [1.165, 1.54) is 6.07 Å². The second-order valence-electron chi connectivity index (χ2n) is 5.24. The Kier molecular flexibility index (Phi) is 4.84. The number of rotatable bonds is 5. The number of nitrogens with zero attached hydrogens (tertiary/aromatic N) is 3. The van der Waals surface area contributed by atoms with Crippen LogP contribution >= 0.6 is 0 Å². The minimum absolute atomic E-state index is 0.190. The predicted molar refractivity (Wildman–Crippen MR) is 93.4 cm³/mol. The molecule has 25 heavy (non-hydrogen) atoms. The Morgan fingerprint density at radius 3 is 2.84 bits per heavy atom. The molecule has 2 aromatic heterocycles. The summed E-state index contributed by atoms with van der Waals surface area (Å²) in [4.78, 5) is 28.2. The molecule has 7 heteroatoms. The largest absolute Gasteiger partial charge is 0.497 e. The van der Waals surface area contributed by atoms with Gasteiger partial charge in [0.2, 0.25) is 5.91 Å². The average molecular weight is 336 g/mol. The lowest BCUT2D eigenvalue weighted by Gasteiger charge is -2.09. The molecule has 0 radical (unpaired) electrons. The van der Waals surface area contributed by atoms with Gasteiger partial charge in [-0.25, -0.2) is 4.68 Å². The van der Waals surface area contributed by atoms with Gasteiger partial charge in [0, 0.05) is 35.8 Å². The van der Waals surface area contributed by atoms with Crippen LogP contribution in [0.2, 0.25) is 0 Å². The van der Waals surface area contributed by atoms with Gasteiger partial charge in [-0.3, -0.25) is 14.6 Å². The molecule has 1 aromatic carbocycles. The van der Waals surface area contributed by atoms with E-state index in [9.17, 15) is 9.59 Å². The molecular weight excluding hydrogens is 320 g/mol. The van der Waals surface area contributed by atoms with Crippen molar-refractivity contribution in [2.45, 2.75) is 6.54 Å². The molecule has 0 unspecified atom stereocenters. The number of nitrogens with one attached hydrogen (secondary N) is 1. The van der Waals surface area contributed by atoms with E-state index in [4.69, 9.17) is 4.74 Å². The van der Waals surface area contributed by atoms with Gasteiger partial charge in [-0.05, 0) is 30.3 Å². The fourth-order valence-corrected chi connectivity index (χ4v) is 2.27. The number of pyridine rings is 1. The number of benzene rings is 1. The predicted octanol–water partition coefficient (Wildman–Crippen LogP) is 1.95. The maximum Gasteiger partial charge on any atom is 0.267 e. The average Bonchev–Trinajstić information content (AvgIpc) is 2.64. The van der Waals surface area contributed by atoms with Crippen LogP contribution in [0, 0.1) is 0 Å². The van der Waals surface area contributed by atoms with Crippen LogP contribution < -0.4 is 15.6 Å². The first-order valence-corrected chi connectivity index (χ1v) is 7.58. The van der Waals surface area contributed by atoms with Crippen LogP contribution in [-0.4, -0.2) is 27.8 Å². The van der Waals surface area contributed by atoms with Gasteiger partial charge >= 0.3 is 0 Å². The van der Waals surface area contributed by atoms with E-state index in [0.717, 1.165) is 10.2 Å². The Morgan fingerprint density at radius 1 is 1.20 bits per heavy atom. The number of methoxy groups -OCH3 is 1. The quantitative estimate of drug-likeness (QED) is 0.770. The van der Waals surface area contributed by atoms with E-state index in [2.05, 4.69) is 15.4 Å². The van der Waals surface area contributed by atoms with Gasteiger partial charge in [0.25, 0.3) is 5.56 Å². The van der Waals surface area contributed by atoms with Crippen molar-refractivity contribution < 1.29 is 9.53 Å². The number of anilines is 1. The van der Waals surface area contributed by atoms with Crippen LogP contribution in [0.5, 0.6) is 5.75 Å². The summed E-state index contributed by atoms with van der Waals surface area (Å²) in [7, 11) is 1.55. The van der Waals surface area contributed by atoms with Crippen LogP contribution in [0.1, 0.15) is 0 Å². The SMILES string of the molecule is COc1cccc(NC(=O)Cn2nc(-c3cccnc3)ccc2=O)c1. The van der Waals surface area contributed by atoms with Crippen molar-refractivity contribution in [2.24, 2.45) is 0 Å². The third-order valence-electron chi connectivity index (χ3n) is 3.47. The first kappa shape index (κ1) is 16.4. The molecule has 2 heterocycles. The molecule has 1 N–H and O–H groups in total. The van der Waals surface area contributed by atoms with E-state index in [1.807, 2.05) is 6.07 Å². The second-order valence-corrected chi connectivity index (χ2v) is 5.24. The van der Waals surface area contributed by atoms with Crippen molar-refractivity contribution in [2.75, 3.05) is 12.4 Å². The molecule has 0 saturated carbocycles. The van der Waals surface area contributed by atoms with E-state index in [0.29, 0.717) is 17.1 Å². The number of aromatic nitrogens is 3. The van der Waals surface area contributed by atoms with E-state index >= 15 is 0 Å². The zero-order valence-electron chi connectivity index (χ0n) is 13.5. The molecule has 0 fully saturated rings. The standard InChI is InChI=1S/C18H16N4O3/c1-25-15-6-2-5-14(10-15)20-17(23)12-22-18(24)8-7-16(21-22)13-4-3-9-19-11-13/h2-11H,12H2,1H3,(H,20,23). The first-order chi connectivity index (χ1) is 12.2. The molecule has 0 aliphatic carbocycles. The normalized spacial score (nSPS) is 10.3. The zero-order chi connectivity index (χ0) is 17.6. The lowest BCUT2D eigenvalue weighted by atomic mass is 10.2. The van der Waals surface area contributed by atoms with Gasteiger partial charge in [0.15, 0.2) is 0 Å². The molecule has 0 bridgehead atoms. The summed E-state index contributed by atoms with van der Waals surface area (Å²) in [6.07, 6.45) is 3.30. The molecule has 0 aliphatic heterocycles. The molecule has 7 nitrogen and oxygen atoms in total. The Balaban J connectivity index is 1.78. The molecule has 0 saturated heterocycles. The maximum absolute atomic E-state index is 12.2. The van der Waals surface area contributed by atoms with Crippen molar-refractivity contribution in [1.29, 1.82) is 0 Å².